The Kier molecular flexibility index (Phi) is 6.66. The van der Waals surface area contributed by atoms with Crippen LogP contribution < -0.4 is 4.74 Å². The molecule has 0 saturated heterocycles. The largest absolute Gasteiger partial charge is 0.424 e. The van der Waals surface area contributed by atoms with Crippen molar-refractivity contribution in [3.63, 3.8) is 0 Å². The number of nitrogens with one attached hydrogen (secondary N) is 1. The first kappa shape index (κ1) is 17.5. The Morgan fingerprint density at radius 1 is 1.13 bits per heavy atom. The smallest absolute Gasteiger partial charge is 0.310 e. The summed E-state index contributed by atoms with van der Waals surface area (Å²) in [4.78, 5) is 17.3. The van der Waals surface area contributed by atoms with Crippen LogP contribution in [0.2, 0.25) is 0 Å². The molecule has 1 heterocycles. The fraction of sp³-hybridized carbons (Fsp3) is 0.526. The van der Waals surface area contributed by atoms with Gasteiger partial charge in [0.2, 0.25) is 0 Å². The van der Waals surface area contributed by atoms with Gasteiger partial charge >= 0.3 is 5.97 Å². The van der Waals surface area contributed by atoms with Gasteiger partial charge in [-0.05, 0) is 44.0 Å². The van der Waals surface area contributed by atoms with Crippen molar-refractivity contribution < 1.29 is 9.53 Å². The van der Waals surface area contributed by atoms with Gasteiger partial charge in [0.15, 0.2) is 5.75 Å². The molecule has 0 aliphatic heterocycles. The van der Waals surface area contributed by atoms with Crippen LogP contribution in [-0.2, 0) is 11.2 Å². The van der Waals surface area contributed by atoms with Crippen LogP contribution in [0.15, 0.2) is 24.4 Å². The highest BCUT2D eigenvalue weighted by Gasteiger charge is 2.12. The van der Waals surface area contributed by atoms with Gasteiger partial charge in [-0.1, -0.05) is 32.9 Å². The highest BCUT2D eigenvalue weighted by atomic mass is 16.5. The molecule has 126 valence electrons. The first-order valence-corrected chi connectivity index (χ1v) is 8.71. The molecular weight excluding hydrogens is 288 g/mol. The van der Waals surface area contributed by atoms with Crippen LogP contribution in [-0.4, -0.2) is 35.5 Å². The molecule has 1 N–H and O–H groups in total. The summed E-state index contributed by atoms with van der Waals surface area (Å²) < 4.78 is 5.41. The van der Waals surface area contributed by atoms with E-state index >= 15 is 0 Å². The molecular formula is C19H28N2O2. The molecule has 0 unspecified atom stereocenters. The predicted molar refractivity (Wildman–Crippen MR) is 95.0 cm³/mol. The number of carbonyl (C=O) groups excluding carboxylic acids is 1. The van der Waals surface area contributed by atoms with Crippen LogP contribution in [0.25, 0.3) is 10.9 Å². The van der Waals surface area contributed by atoms with Gasteiger partial charge in [-0.25, -0.2) is 0 Å². The number of fused-ring (bicyclic) bond motifs is 1. The number of para-hydroxylation sites is 1. The lowest BCUT2D eigenvalue weighted by molar-refractivity contribution is -0.133. The van der Waals surface area contributed by atoms with Gasteiger partial charge in [-0.15, -0.1) is 0 Å². The molecule has 1 aromatic heterocycles. The lowest BCUT2D eigenvalue weighted by atomic mass is 10.1. The fourth-order valence-electron chi connectivity index (χ4n) is 2.92. The van der Waals surface area contributed by atoms with Crippen LogP contribution >= 0.6 is 0 Å². The third-order valence-corrected chi connectivity index (χ3v) is 4.05. The first-order valence-electron chi connectivity index (χ1n) is 8.71. The Morgan fingerprint density at radius 2 is 1.87 bits per heavy atom. The molecule has 4 nitrogen and oxygen atoms in total. The number of hydrogen-bond acceptors (Lipinski definition) is 3. The molecule has 0 aliphatic carbocycles. The monoisotopic (exact) mass is 316 g/mol. The van der Waals surface area contributed by atoms with Gasteiger partial charge in [0, 0.05) is 24.5 Å². The van der Waals surface area contributed by atoms with Crippen LogP contribution in [0.5, 0.6) is 5.75 Å². The average molecular weight is 316 g/mol. The predicted octanol–water partition coefficient (Wildman–Crippen LogP) is 4.15. The zero-order chi connectivity index (χ0) is 16.7. The van der Waals surface area contributed by atoms with Crippen LogP contribution in [0.3, 0.4) is 0 Å². The SMILES string of the molecule is CCCN(CCC)CCc1c[nH]c2c(OC(=O)CC)cccc12. The summed E-state index contributed by atoms with van der Waals surface area (Å²) in [5, 5.41) is 1.15. The van der Waals surface area contributed by atoms with E-state index < -0.39 is 0 Å². The molecule has 23 heavy (non-hydrogen) atoms. The number of aromatic nitrogens is 1. The van der Waals surface area contributed by atoms with E-state index in [1.54, 1.807) is 6.92 Å². The van der Waals surface area contributed by atoms with E-state index in [0.717, 1.165) is 37.0 Å². The summed E-state index contributed by atoms with van der Waals surface area (Å²) in [6.07, 6.45) is 5.80. The van der Waals surface area contributed by atoms with Crippen molar-refractivity contribution in [1.82, 2.24) is 9.88 Å². The van der Waals surface area contributed by atoms with E-state index in [4.69, 9.17) is 4.74 Å². The average Bonchev–Trinajstić information content (AvgIpc) is 2.97. The van der Waals surface area contributed by atoms with Gasteiger partial charge < -0.3 is 14.6 Å². The van der Waals surface area contributed by atoms with E-state index in [2.05, 4.69) is 29.8 Å². The minimum Gasteiger partial charge on any atom is -0.424 e. The third kappa shape index (κ3) is 4.58. The highest BCUT2D eigenvalue weighted by Crippen LogP contribution is 2.28. The second-order valence-corrected chi connectivity index (χ2v) is 5.91. The highest BCUT2D eigenvalue weighted by molar-refractivity contribution is 5.90. The third-order valence-electron chi connectivity index (χ3n) is 4.05. The van der Waals surface area contributed by atoms with E-state index in [-0.39, 0.29) is 5.97 Å². The number of ether oxygens (including phenoxy) is 1. The molecule has 1 aromatic carbocycles. The molecule has 0 radical (unpaired) electrons. The van der Waals surface area contributed by atoms with Crippen molar-refractivity contribution >= 4 is 16.9 Å². The first-order chi connectivity index (χ1) is 11.2. The normalized spacial score (nSPS) is 11.3. The fourth-order valence-corrected chi connectivity index (χ4v) is 2.92. The number of aromatic amines is 1. The number of hydrogen-bond donors (Lipinski definition) is 1. The zero-order valence-corrected chi connectivity index (χ0v) is 14.5. The van der Waals surface area contributed by atoms with Crippen molar-refractivity contribution in [3.05, 3.63) is 30.0 Å². The molecule has 0 aliphatic rings. The molecule has 0 amide bonds. The Balaban J connectivity index is 2.13. The topological polar surface area (TPSA) is 45.3 Å². The Bertz CT molecular complexity index is 627. The molecule has 2 rings (SSSR count). The zero-order valence-electron chi connectivity index (χ0n) is 14.5. The van der Waals surface area contributed by atoms with Gasteiger partial charge in [0.1, 0.15) is 0 Å². The molecule has 0 fully saturated rings. The summed E-state index contributed by atoms with van der Waals surface area (Å²) in [5.41, 5.74) is 2.20. The minimum absolute atomic E-state index is 0.203. The number of nitrogens with zero attached hydrogens (tertiary/aromatic N) is 1. The van der Waals surface area contributed by atoms with Crippen molar-refractivity contribution in [1.29, 1.82) is 0 Å². The molecule has 0 saturated carbocycles. The molecule has 0 atom stereocenters. The maximum Gasteiger partial charge on any atom is 0.310 e. The maximum atomic E-state index is 11.5. The van der Waals surface area contributed by atoms with Crippen LogP contribution in [0, 0.1) is 0 Å². The second kappa shape index (κ2) is 8.73. The van der Waals surface area contributed by atoms with Crippen molar-refractivity contribution in [2.24, 2.45) is 0 Å². The number of esters is 1. The van der Waals surface area contributed by atoms with Crippen molar-refractivity contribution in [3.8, 4) is 5.75 Å². The molecule has 0 spiro atoms. The summed E-state index contributed by atoms with van der Waals surface area (Å²) in [5.74, 6) is 0.422. The summed E-state index contributed by atoms with van der Waals surface area (Å²) >= 11 is 0. The standard InChI is InChI=1S/C19H28N2O2/c1-4-11-21(12-5-2)13-10-15-14-20-19-16(15)8-7-9-17(19)23-18(22)6-3/h7-9,14,20H,4-6,10-13H2,1-3H3. The Labute approximate surface area is 138 Å². The van der Waals surface area contributed by atoms with E-state index in [1.165, 1.54) is 18.4 Å². The van der Waals surface area contributed by atoms with Crippen molar-refractivity contribution in [2.75, 3.05) is 19.6 Å². The number of benzene rings is 1. The minimum atomic E-state index is -0.203. The summed E-state index contributed by atoms with van der Waals surface area (Å²) in [7, 11) is 0. The number of carbonyl (C=O) groups is 1. The van der Waals surface area contributed by atoms with Crippen LogP contribution in [0.4, 0.5) is 0 Å². The lowest BCUT2D eigenvalue weighted by Gasteiger charge is -2.20. The van der Waals surface area contributed by atoms with Gasteiger partial charge in [0.05, 0.1) is 5.52 Å². The van der Waals surface area contributed by atoms with Gasteiger partial charge in [0.25, 0.3) is 0 Å². The second-order valence-electron chi connectivity index (χ2n) is 5.91. The van der Waals surface area contributed by atoms with Gasteiger partial charge in [-0.3, -0.25) is 4.79 Å². The Morgan fingerprint density at radius 3 is 2.52 bits per heavy atom. The molecule has 4 heteroatoms. The quantitative estimate of drug-likeness (QED) is 0.558. The molecule has 0 bridgehead atoms. The van der Waals surface area contributed by atoms with Crippen LogP contribution in [0.1, 0.15) is 45.6 Å². The number of rotatable bonds is 9. The maximum absolute atomic E-state index is 11.5. The summed E-state index contributed by atoms with van der Waals surface area (Å²) in [6.45, 7) is 9.61. The van der Waals surface area contributed by atoms with Crippen molar-refractivity contribution in [2.45, 2.75) is 46.5 Å². The Hall–Kier alpha value is -1.81. The summed E-state index contributed by atoms with van der Waals surface area (Å²) in [6, 6.07) is 5.89. The van der Waals surface area contributed by atoms with E-state index in [1.807, 2.05) is 18.3 Å². The van der Waals surface area contributed by atoms with Gasteiger partial charge in [-0.2, -0.15) is 0 Å². The number of H-pyrrole nitrogens is 1. The molecule has 2 aromatic rings. The van der Waals surface area contributed by atoms with E-state index in [9.17, 15) is 4.79 Å². The lowest BCUT2D eigenvalue weighted by Crippen LogP contribution is -2.27. The van der Waals surface area contributed by atoms with E-state index in [0.29, 0.717) is 12.2 Å².